The van der Waals surface area contributed by atoms with Crippen molar-refractivity contribution in [2.24, 2.45) is 16.1 Å². The van der Waals surface area contributed by atoms with Crippen molar-refractivity contribution in [1.29, 1.82) is 0 Å². The van der Waals surface area contributed by atoms with Crippen molar-refractivity contribution in [3.63, 3.8) is 0 Å². The van der Waals surface area contributed by atoms with Gasteiger partial charge in [0.1, 0.15) is 5.84 Å². The average Bonchev–Trinajstić information content (AvgIpc) is 3.27. The van der Waals surface area contributed by atoms with Crippen molar-refractivity contribution in [1.82, 2.24) is 4.90 Å². The zero-order valence-electron chi connectivity index (χ0n) is 13.7. The van der Waals surface area contributed by atoms with E-state index >= 15 is 0 Å². The molecule has 0 aliphatic carbocycles. The van der Waals surface area contributed by atoms with Crippen LogP contribution in [0.1, 0.15) is 18.4 Å². The van der Waals surface area contributed by atoms with E-state index in [0.29, 0.717) is 13.3 Å². The molecule has 2 N–H and O–H groups in total. The lowest BCUT2D eigenvalue weighted by atomic mass is 9.79. The molecule has 1 aromatic rings. The fourth-order valence-electron chi connectivity index (χ4n) is 3.58. The highest BCUT2D eigenvalue weighted by molar-refractivity contribution is 5.94. The third-order valence-electron chi connectivity index (χ3n) is 5.00. The SMILES string of the molecule is Cl.NCC1(Cc2cccc3c2OCO3)C=CC(N2CCCC2)=NC1. The maximum atomic E-state index is 6.12. The van der Waals surface area contributed by atoms with Gasteiger partial charge in [-0.25, -0.2) is 0 Å². The molecule has 1 saturated heterocycles. The molecule has 130 valence electrons. The zero-order chi connectivity index (χ0) is 15.7. The van der Waals surface area contributed by atoms with Crippen LogP contribution in [0.3, 0.4) is 0 Å². The lowest BCUT2D eigenvalue weighted by Crippen LogP contribution is -2.39. The number of likely N-dealkylation sites (tertiary alicyclic amines) is 1. The van der Waals surface area contributed by atoms with Crippen LogP contribution in [-0.4, -0.2) is 43.7 Å². The molecule has 0 spiro atoms. The standard InChI is InChI=1S/C18H23N3O2.ClH/c19-11-18(7-6-16(20-12-18)21-8-1-2-9-21)10-14-4-3-5-15-17(14)23-13-22-15;/h3-7H,1-2,8-13,19H2;1H. The molecule has 3 heterocycles. The van der Waals surface area contributed by atoms with Gasteiger partial charge in [0.25, 0.3) is 0 Å². The van der Waals surface area contributed by atoms with Crippen molar-refractivity contribution in [3.8, 4) is 11.5 Å². The number of aliphatic imine (C=N–C) groups is 1. The van der Waals surface area contributed by atoms with Gasteiger partial charge in [-0.05, 0) is 37.0 Å². The maximum absolute atomic E-state index is 6.12. The predicted octanol–water partition coefficient (Wildman–Crippen LogP) is 2.39. The Morgan fingerprint density at radius 3 is 2.75 bits per heavy atom. The number of ether oxygens (including phenoxy) is 2. The topological polar surface area (TPSA) is 60.1 Å². The molecule has 1 atom stereocenters. The first-order valence-electron chi connectivity index (χ1n) is 8.36. The second-order valence-electron chi connectivity index (χ2n) is 6.60. The van der Waals surface area contributed by atoms with Gasteiger partial charge in [-0.1, -0.05) is 18.2 Å². The average molecular weight is 350 g/mol. The summed E-state index contributed by atoms with van der Waals surface area (Å²) in [6, 6.07) is 6.05. The van der Waals surface area contributed by atoms with Crippen LogP contribution in [0, 0.1) is 5.41 Å². The second-order valence-corrected chi connectivity index (χ2v) is 6.60. The Bertz CT molecular complexity index is 656. The highest BCUT2D eigenvalue weighted by atomic mass is 35.5. The molecule has 0 saturated carbocycles. The molecule has 1 unspecified atom stereocenters. The van der Waals surface area contributed by atoms with Gasteiger partial charge in [0.05, 0.1) is 6.54 Å². The molecule has 5 nitrogen and oxygen atoms in total. The maximum Gasteiger partial charge on any atom is 0.231 e. The highest BCUT2D eigenvalue weighted by Gasteiger charge is 2.32. The smallest absolute Gasteiger partial charge is 0.231 e. The normalized spacial score (nSPS) is 24.7. The molecule has 0 aromatic heterocycles. The fourth-order valence-corrected chi connectivity index (χ4v) is 3.58. The van der Waals surface area contributed by atoms with E-state index in [-0.39, 0.29) is 17.8 Å². The molecule has 6 heteroatoms. The van der Waals surface area contributed by atoms with E-state index in [0.717, 1.165) is 49.0 Å². The monoisotopic (exact) mass is 349 g/mol. The first-order valence-corrected chi connectivity index (χ1v) is 8.36. The summed E-state index contributed by atoms with van der Waals surface area (Å²) in [5.41, 5.74) is 7.14. The van der Waals surface area contributed by atoms with Crippen molar-refractivity contribution < 1.29 is 9.47 Å². The summed E-state index contributed by atoms with van der Waals surface area (Å²) in [5.74, 6) is 2.81. The van der Waals surface area contributed by atoms with E-state index in [9.17, 15) is 0 Å². The number of fused-ring (bicyclic) bond motifs is 1. The van der Waals surface area contributed by atoms with Crippen LogP contribution in [-0.2, 0) is 6.42 Å². The minimum Gasteiger partial charge on any atom is -0.454 e. The van der Waals surface area contributed by atoms with Crippen LogP contribution in [0.4, 0.5) is 0 Å². The molecule has 3 aliphatic rings. The molecule has 3 aliphatic heterocycles. The summed E-state index contributed by atoms with van der Waals surface area (Å²) >= 11 is 0. The van der Waals surface area contributed by atoms with Gasteiger partial charge >= 0.3 is 0 Å². The van der Waals surface area contributed by atoms with Crippen molar-refractivity contribution in [2.45, 2.75) is 19.3 Å². The summed E-state index contributed by atoms with van der Waals surface area (Å²) < 4.78 is 11.1. The number of dihydropyridines is 1. The Labute approximate surface area is 148 Å². The van der Waals surface area contributed by atoms with E-state index in [1.165, 1.54) is 12.8 Å². The molecular weight excluding hydrogens is 326 g/mol. The van der Waals surface area contributed by atoms with E-state index < -0.39 is 0 Å². The van der Waals surface area contributed by atoms with Gasteiger partial charge in [0.2, 0.25) is 6.79 Å². The second kappa shape index (κ2) is 7.03. The van der Waals surface area contributed by atoms with E-state index in [1.807, 2.05) is 12.1 Å². The quantitative estimate of drug-likeness (QED) is 0.910. The number of nitrogens with two attached hydrogens (primary N) is 1. The third kappa shape index (κ3) is 3.10. The molecule has 0 amide bonds. The molecule has 1 fully saturated rings. The minimum absolute atomic E-state index is 0. The largest absolute Gasteiger partial charge is 0.454 e. The number of halogens is 1. The number of nitrogens with zero attached hydrogens (tertiary/aromatic N) is 2. The Morgan fingerprint density at radius 2 is 2.04 bits per heavy atom. The Morgan fingerprint density at radius 1 is 1.21 bits per heavy atom. The predicted molar refractivity (Wildman–Crippen MR) is 97.3 cm³/mol. The molecule has 4 rings (SSSR count). The molecule has 0 bridgehead atoms. The van der Waals surface area contributed by atoms with Gasteiger partial charge in [0.15, 0.2) is 11.5 Å². The van der Waals surface area contributed by atoms with Crippen molar-refractivity contribution in [3.05, 3.63) is 35.9 Å². The first kappa shape index (κ1) is 17.1. The van der Waals surface area contributed by atoms with Crippen molar-refractivity contribution >= 4 is 18.2 Å². The number of benzene rings is 1. The van der Waals surface area contributed by atoms with E-state index in [4.69, 9.17) is 20.2 Å². The third-order valence-corrected chi connectivity index (χ3v) is 5.00. The van der Waals surface area contributed by atoms with Gasteiger partial charge in [0, 0.05) is 25.0 Å². The molecule has 0 radical (unpaired) electrons. The van der Waals surface area contributed by atoms with Gasteiger partial charge in [-0.15, -0.1) is 12.4 Å². The van der Waals surface area contributed by atoms with Crippen LogP contribution in [0.2, 0.25) is 0 Å². The fraction of sp³-hybridized carbons (Fsp3) is 0.500. The highest BCUT2D eigenvalue weighted by Crippen LogP contribution is 2.39. The van der Waals surface area contributed by atoms with E-state index in [1.54, 1.807) is 0 Å². The number of hydrogen-bond donors (Lipinski definition) is 1. The van der Waals surface area contributed by atoms with Gasteiger partial charge < -0.3 is 20.1 Å². The minimum atomic E-state index is -0.135. The van der Waals surface area contributed by atoms with Crippen molar-refractivity contribution in [2.75, 3.05) is 33.0 Å². The number of amidine groups is 1. The van der Waals surface area contributed by atoms with Crippen LogP contribution in [0.15, 0.2) is 35.3 Å². The number of hydrogen-bond acceptors (Lipinski definition) is 5. The molecule has 24 heavy (non-hydrogen) atoms. The first-order chi connectivity index (χ1) is 11.3. The lowest BCUT2D eigenvalue weighted by molar-refractivity contribution is 0.172. The summed E-state index contributed by atoms with van der Waals surface area (Å²) in [4.78, 5) is 7.20. The van der Waals surface area contributed by atoms with Crippen LogP contribution in [0.5, 0.6) is 11.5 Å². The summed E-state index contributed by atoms with van der Waals surface area (Å²) in [6.07, 6.45) is 7.76. The van der Waals surface area contributed by atoms with Crippen LogP contribution in [0.25, 0.3) is 0 Å². The Balaban J connectivity index is 0.00000169. The van der Waals surface area contributed by atoms with Crippen LogP contribution < -0.4 is 15.2 Å². The Kier molecular flexibility index (Phi) is 5.01. The summed E-state index contributed by atoms with van der Waals surface area (Å²) in [7, 11) is 0. The summed E-state index contributed by atoms with van der Waals surface area (Å²) in [5, 5.41) is 0. The number of para-hydroxylation sites is 1. The van der Waals surface area contributed by atoms with Gasteiger partial charge in [-0.3, -0.25) is 4.99 Å². The molecular formula is C18H24ClN3O2. The lowest BCUT2D eigenvalue weighted by Gasteiger charge is -2.32. The van der Waals surface area contributed by atoms with E-state index in [2.05, 4.69) is 23.1 Å². The number of rotatable bonds is 3. The molecule has 1 aromatic carbocycles. The Hall–Kier alpha value is -1.72. The van der Waals surface area contributed by atoms with Gasteiger partial charge in [-0.2, -0.15) is 0 Å². The summed E-state index contributed by atoms with van der Waals surface area (Å²) in [6.45, 7) is 3.85. The zero-order valence-corrected chi connectivity index (χ0v) is 14.6. The van der Waals surface area contributed by atoms with Crippen LogP contribution >= 0.6 is 12.4 Å².